The first-order valence-corrected chi connectivity index (χ1v) is 10.1. The SMILES string of the molecule is CNC(C)Cc1noc(C2CCN(S(=O)(=O)c3ccccc3F)CC2)n1.Cl. The van der Waals surface area contributed by atoms with Gasteiger partial charge in [-0.05, 0) is 38.9 Å². The van der Waals surface area contributed by atoms with Gasteiger partial charge >= 0.3 is 0 Å². The highest BCUT2D eigenvalue weighted by Gasteiger charge is 2.33. The second kappa shape index (κ2) is 9.09. The Kier molecular flexibility index (Phi) is 7.32. The molecule has 0 bridgehead atoms. The molecule has 3 rings (SSSR count). The molecular weight excluding hydrogens is 395 g/mol. The van der Waals surface area contributed by atoms with Gasteiger partial charge in [0.25, 0.3) is 0 Å². The Morgan fingerprint density at radius 2 is 2.00 bits per heavy atom. The molecule has 10 heteroatoms. The molecule has 0 saturated carbocycles. The molecule has 1 aromatic carbocycles. The van der Waals surface area contributed by atoms with Crippen LogP contribution in [0.15, 0.2) is 33.7 Å². The van der Waals surface area contributed by atoms with Crippen LogP contribution >= 0.6 is 12.4 Å². The third-order valence-electron chi connectivity index (χ3n) is 4.72. The largest absolute Gasteiger partial charge is 0.339 e. The van der Waals surface area contributed by atoms with Crippen LogP contribution < -0.4 is 5.32 Å². The van der Waals surface area contributed by atoms with Crippen molar-refractivity contribution < 1.29 is 17.3 Å². The van der Waals surface area contributed by atoms with Gasteiger partial charge in [0.2, 0.25) is 15.9 Å². The summed E-state index contributed by atoms with van der Waals surface area (Å²) in [6, 6.07) is 5.70. The van der Waals surface area contributed by atoms with Crippen LogP contribution in [0.25, 0.3) is 0 Å². The van der Waals surface area contributed by atoms with E-state index < -0.39 is 15.8 Å². The number of rotatable bonds is 6. The van der Waals surface area contributed by atoms with E-state index in [-0.39, 0.29) is 29.3 Å². The highest BCUT2D eigenvalue weighted by atomic mass is 35.5. The normalized spacial score (nSPS) is 17.4. The van der Waals surface area contributed by atoms with Crippen molar-refractivity contribution in [2.75, 3.05) is 20.1 Å². The molecule has 1 N–H and O–H groups in total. The zero-order valence-corrected chi connectivity index (χ0v) is 16.9. The second-order valence-electron chi connectivity index (χ2n) is 6.55. The van der Waals surface area contributed by atoms with Gasteiger partial charge in [-0.3, -0.25) is 0 Å². The Bertz CT molecular complexity index is 853. The van der Waals surface area contributed by atoms with E-state index in [0.717, 1.165) is 6.07 Å². The van der Waals surface area contributed by atoms with E-state index in [4.69, 9.17) is 4.52 Å². The lowest BCUT2D eigenvalue weighted by atomic mass is 9.98. The summed E-state index contributed by atoms with van der Waals surface area (Å²) in [7, 11) is -1.96. The van der Waals surface area contributed by atoms with E-state index in [1.54, 1.807) is 0 Å². The average molecular weight is 419 g/mol. The smallest absolute Gasteiger partial charge is 0.245 e. The van der Waals surface area contributed by atoms with Crippen molar-refractivity contribution in [3.8, 4) is 0 Å². The zero-order valence-electron chi connectivity index (χ0n) is 15.3. The summed E-state index contributed by atoms with van der Waals surface area (Å²) < 4.78 is 45.8. The standard InChI is InChI=1S/C17H23FN4O3S.ClH/c1-12(19-2)11-16-20-17(25-21-16)13-7-9-22(10-8-13)26(23,24)15-6-4-3-5-14(15)18;/h3-6,12-13,19H,7-11H2,1-2H3;1H. The minimum atomic E-state index is -3.83. The number of likely N-dealkylation sites (N-methyl/N-ethyl adjacent to an activating group) is 1. The molecule has 1 atom stereocenters. The molecular formula is C17H24ClFN4O3S. The molecule has 0 amide bonds. The molecule has 1 aliphatic rings. The molecule has 1 aliphatic heterocycles. The first kappa shape index (κ1) is 21.7. The van der Waals surface area contributed by atoms with Crippen LogP contribution in [0, 0.1) is 5.82 Å². The van der Waals surface area contributed by atoms with Gasteiger partial charge in [0, 0.05) is 31.5 Å². The predicted octanol–water partition coefficient (Wildman–Crippen LogP) is 2.35. The highest BCUT2D eigenvalue weighted by molar-refractivity contribution is 7.89. The summed E-state index contributed by atoms with van der Waals surface area (Å²) in [5.41, 5.74) is 0. The van der Waals surface area contributed by atoms with Gasteiger partial charge in [0.15, 0.2) is 5.82 Å². The maximum atomic E-state index is 13.9. The fraction of sp³-hybridized carbons (Fsp3) is 0.529. The summed E-state index contributed by atoms with van der Waals surface area (Å²) in [6.45, 7) is 2.63. The maximum absolute atomic E-state index is 13.9. The summed E-state index contributed by atoms with van der Waals surface area (Å²) in [4.78, 5) is 4.16. The van der Waals surface area contributed by atoms with E-state index in [0.29, 0.717) is 44.1 Å². The monoisotopic (exact) mass is 418 g/mol. The Hall–Kier alpha value is -1.55. The number of nitrogens with one attached hydrogen (secondary N) is 1. The molecule has 1 aromatic heterocycles. The molecule has 0 spiro atoms. The molecule has 27 heavy (non-hydrogen) atoms. The minimum Gasteiger partial charge on any atom is -0.339 e. The van der Waals surface area contributed by atoms with Gasteiger partial charge in [0.1, 0.15) is 10.7 Å². The van der Waals surface area contributed by atoms with Gasteiger partial charge < -0.3 is 9.84 Å². The minimum absolute atomic E-state index is 0. The lowest BCUT2D eigenvalue weighted by Gasteiger charge is -2.29. The Labute approximate surface area is 164 Å². The molecule has 7 nitrogen and oxygen atoms in total. The van der Waals surface area contributed by atoms with Crippen LogP contribution in [0.4, 0.5) is 4.39 Å². The summed E-state index contributed by atoms with van der Waals surface area (Å²) in [5, 5.41) is 7.12. The van der Waals surface area contributed by atoms with E-state index >= 15 is 0 Å². The zero-order chi connectivity index (χ0) is 18.7. The second-order valence-corrected chi connectivity index (χ2v) is 8.46. The van der Waals surface area contributed by atoms with Gasteiger partial charge in [-0.25, -0.2) is 12.8 Å². The van der Waals surface area contributed by atoms with Crippen LogP contribution in [0.1, 0.15) is 37.4 Å². The molecule has 2 heterocycles. The van der Waals surface area contributed by atoms with Gasteiger partial charge in [-0.15, -0.1) is 12.4 Å². The molecule has 1 saturated heterocycles. The molecule has 1 unspecified atom stereocenters. The van der Waals surface area contributed by atoms with E-state index in [2.05, 4.69) is 15.5 Å². The van der Waals surface area contributed by atoms with Gasteiger partial charge in [-0.1, -0.05) is 17.3 Å². The van der Waals surface area contributed by atoms with Crippen molar-refractivity contribution in [1.29, 1.82) is 0 Å². The number of hydrogen-bond acceptors (Lipinski definition) is 6. The van der Waals surface area contributed by atoms with Crippen LogP contribution in [0.5, 0.6) is 0 Å². The van der Waals surface area contributed by atoms with Crippen molar-refractivity contribution in [3.63, 3.8) is 0 Å². The third-order valence-corrected chi connectivity index (χ3v) is 6.65. The number of aromatic nitrogens is 2. The first-order chi connectivity index (χ1) is 12.4. The van der Waals surface area contributed by atoms with Crippen molar-refractivity contribution in [1.82, 2.24) is 19.8 Å². The summed E-state index contributed by atoms with van der Waals surface area (Å²) >= 11 is 0. The Morgan fingerprint density at radius 1 is 1.33 bits per heavy atom. The fourth-order valence-electron chi connectivity index (χ4n) is 3.03. The van der Waals surface area contributed by atoms with E-state index in [9.17, 15) is 12.8 Å². The average Bonchev–Trinajstić information content (AvgIpc) is 3.10. The predicted molar refractivity (Wildman–Crippen MR) is 101 cm³/mol. The van der Waals surface area contributed by atoms with Crippen molar-refractivity contribution >= 4 is 22.4 Å². The third kappa shape index (κ3) is 4.84. The van der Waals surface area contributed by atoms with E-state index in [1.165, 1.54) is 22.5 Å². The number of sulfonamides is 1. The van der Waals surface area contributed by atoms with Crippen LogP contribution in [0.2, 0.25) is 0 Å². The van der Waals surface area contributed by atoms with Crippen LogP contribution in [0.3, 0.4) is 0 Å². The van der Waals surface area contributed by atoms with E-state index in [1.807, 2.05) is 14.0 Å². The molecule has 0 aliphatic carbocycles. The van der Waals surface area contributed by atoms with Crippen molar-refractivity contribution in [3.05, 3.63) is 41.8 Å². The fourth-order valence-corrected chi connectivity index (χ4v) is 4.56. The summed E-state index contributed by atoms with van der Waals surface area (Å²) in [6.07, 6.45) is 1.80. The topological polar surface area (TPSA) is 88.3 Å². The number of benzene rings is 1. The van der Waals surface area contributed by atoms with Crippen molar-refractivity contribution in [2.24, 2.45) is 0 Å². The maximum Gasteiger partial charge on any atom is 0.245 e. The number of piperidine rings is 1. The van der Waals surface area contributed by atoms with Crippen LogP contribution in [-0.4, -0.2) is 49.0 Å². The number of nitrogens with zero attached hydrogens (tertiary/aromatic N) is 3. The Balaban J connectivity index is 0.00000261. The number of halogens is 2. The van der Waals surface area contributed by atoms with Gasteiger partial charge in [0.05, 0.1) is 0 Å². The first-order valence-electron chi connectivity index (χ1n) is 8.66. The highest BCUT2D eigenvalue weighted by Crippen LogP contribution is 2.30. The molecule has 2 aromatic rings. The molecule has 150 valence electrons. The van der Waals surface area contributed by atoms with Crippen molar-refractivity contribution in [2.45, 2.75) is 43.0 Å². The quantitative estimate of drug-likeness (QED) is 0.774. The van der Waals surface area contributed by atoms with Crippen LogP contribution in [-0.2, 0) is 16.4 Å². The lowest BCUT2D eigenvalue weighted by molar-refractivity contribution is 0.269. The molecule has 0 radical (unpaired) electrons. The van der Waals surface area contributed by atoms with Gasteiger partial charge in [-0.2, -0.15) is 9.29 Å². The Morgan fingerprint density at radius 3 is 2.63 bits per heavy atom. The summed E-state index contributed by atoms with van der Waals surface area (Å²) in [5.74, 6) is 0.484. The molecule has 1 fully saturated rings. The number of hydrogen-bond donors (Lipinski definition) is 1. The lowest BCUT2D eigenvalue weighted by Crippen LogP contribution is -2.38.